The van der Waals surface area contributed by atoms with Gasteiger partial charge in [0.25, 0.3) is 0 Å². The molecule has 14 heavy (non-hydrogen) atoms. The highest BCUT2D eigenvalue weighted by molar-refractivity contribution is 5.73. The van der Waals surface area contributed by atoms with E-state index in [4.69, 9.17) is 4.74 Å². The van der Waals surface area contributed by atoms with Crippen molar-refractivity contribution in [1.29, 1.82) is 0 Å². The van der Waals surface area contributed by atoms with Gasteiger partial charge in [-0.3, -0.25) is 0 Å². The molecule has 2 heteroatoms. The molecule has 1 N–H and O–H groups in total. The molecule has 0 bridgehead atoms. The number of nitrogens with one attached hydrogen (secondary N) is 1. The normalized spacial score (nSPS) is 17.1. The Hall–Kier alpha value is -1.44. The fourth-order valence-electron chi connectivity index (χ4n) is 1.60. The molecule has 2 rings (SSSR count). The summed E-state index contributed by atoms with van der Waals surface area (Å²) in [6, 6.07) is 6.07. The zero-order valence-electron chi connectivity index (χ0n) is 8.79. The minimum Gasteiger partial charge on any atom is -0.497 e. The van der Waals surface area contributed by atoms with E-state index in [-0.39, 0.29) is 5.54 Å². The molecule has 1 aliphatic heterocycles. The van der Waals surface area contributed by atoms with Gasteiger partial charge in [-0.2, -0.15) is 0 Å². The predicted molar refractivity (Wildman–Crippen MR) is 59.7 cm³/mol. The molecule has 0 fully saturated rings. The molecule has 2 nitrogen and oxygen atoms in total. The van der Waals surface area contributed by atoms with Crippen LogP contribution in [0.4, 0.5) is 5.69 Å². The van der Waals surface area contributed by atoms with E-state index in [1.54, 1.807) is 7.11 Å². The molecule has 1 aliphatic rings. The van der Waals surface area contributed by atoms with E-state index in [1.807, 2.05) is 12.1 Å². The Balaban J connectivity index is 2.42. The van der Waals surface area contributed by atoms with E-state index < -0.39 is 0 Å². The molecule has 0 unspecified atom stereocenters. The van der Waals surface area contributed by atoms with E-state index in [2.05, 4.69) is 37.4 Å². The Morgan fingerprint density at radius 3 is 2.79 bits per heavy atom. The first-order chi connectivity index (χ1) is 6.61. The predicted octanol–water partition coefficient (Wildman–Crippen LogP) is 2.91. The standard InChI is InChI=1S/C12H15NO/c1-12(2)7-6-9-4-5-10(14-3)8-11(9)13-12/h4-8,13H,1-3H3. The van der Waals surface area contributed by atoms with Gasteiger partial charge in [0, 0.05) is 11.8 Å². The number of methoxy groups -OCH3 is 1. The number of fused-ring (bicyclic) bond motifs is 1. The van der Waals surface area contributed by atoms with E-state index in [0.29, 0.717) is 0 Å². The number of hydrogen-bond acceptors (Lipinski definition) is 2. The first-order valence-corrected chi connectivity index (χ1v) is 4.76. The number of ether oxygens (including phenoxy) is 1. The summed E-state index contributed by atoms with van der Waals surface area (Å²) in [5.41, 5.74) is 2.38. The van der Waals surface area contributed by atoms with E-state index >= 15 is 0 Å². The van der Waals surface area contributed by atoms with Crippen molar-refractivity contribution in [3.05, 3.63) is 29.8 Å². The average molecular weight is 189 g/mol. The SMILES string of the molecule is COc1ccc2c(c1)NC(C)(C)C=C2. The van der Waals surface area contributed by atoms with Gasteiger partial charge in [0.05, 0.1) is 12.6 Å². The summed E-state index contributed by atoms with van der Waals surface area (Å²) in [4.78, 5) is 0. The highest BCUT2D eigenvalue weighted by Gasteiger charge is 2.18. The van der Waals surface area contributed by atoms with Crippen molar-refractivity contribution in [3.63, 3.8) is 0 Å². The Labute approximate surface area is 84.6 Å². The monoisotopic (exact) mass is 189 g/mol. The topological polar surface area (TPSA) is 21.3 Å². The summed E-state index contributed by atoms with van der Waals surface area (Å²) >= 11 is 0. The molecule has 0 amide bonds. The highest BCUT2D eigenvalue weighted by atomic mass is 16.5. The molecule has 0 spiro atoms. The Morgan fingerprint density at radius 2 is 2.07 bits per heavy atom. The molecule has 0 atom stereocenters. The number of benzene rings is 1. The van der Waals surface area contributed by atoms with Crippen LogP contribution in [0.2, 0.25) is 0 Å². The molecular formula is C12H15NO. The highest BCUT2D eigenvalue weighted by Crippen LogP contribution is 2.30. The summed E-state index contributed by atoms with van der Waals surface area (Å²) in [6.45, 7) is 4.29. The fourth-order valence-corrected chi connectivity index (χ4v) is 1.60. The van der Waals surface area contributed by atoms with Crippen LogP contribution in [0.1, 0.15) is 19.4 Å². The van der Waals surface area contributed by atoms with Crippen molar-refractivity contribution in [2.45, 2.75) is 19.4 Å². The van der Waals surface area contributed by atoms with Gasteiger partial charge in [-0.15, -0.1) is 0 Å². The number of anilines is 1. The molecule has 1 aromatic carbocycles. The summed E-state index contributed by atoms with van der Waals surface area (Å²) in [7, 11) is 1.69. The van der Waals surface area contributed by atoms with E-state index in [0.717, 1.165) is 11.4 Å². The van der Waals surface area contributed by atoms with Gasteiger partial charge in [-0.05, 0) is 31.5 Å². The van der Waals surface area contributed by atoms with Crippen LogP contribution >= 0.6 is 0 Å². The van der Waals surface area contributed by atoms with Gasteiger partial charge >= 0.3 is 0 Å². The van der Waals surface area contributed by atoms with Crippen LogP contribution in [0.3, 0.4) is 0 Å². The van der Waals surface area contributed by atoms with E-state index in [9.17, 15) is 0 Å². The lowest BCUT2D eigenvalue weighted by Crippen LogP contribution is -2.30. The molecular weight excluding hydrogens is 174 g/mol. The Kier molecular flexibility index (Phi) is 1.99. The molecule has 0 saturated heterocycles. The van der Waals surface area contributed by atoms with Crippen LogP contribution in [0.25, 0.3) is 6.08 Å². The molecule has 74 valence electrons. The fraction of sp³-hybridized carbons (Fsp3) is 0.333. The summed E-state index contributed by atoms with van der Waals surface area (Å²) < 4.78 is 5.18. The smallest absolute Gasteiger partial charge is 0.120 e. The van der Waals surface area contributed by atoms with Gasteiger partial charge in [0.1, 0.15) is 5.75 Å². The van der Waals surface area contributed by atoms with Crippen LogP contribution in [0.15, 0.2) is 24.3 Å². The first-order valence-electron chi connectivity index (χ1n) is 4.76. The van der Waals surface area contributed by atoms with Gasteiger partial charge in [-0.25, -0.2) is 0 Å². The van der Waals surface area contributed by atoms with Crippen LogP contribution in [-0.4, -0.2) is 12.6 Å². The number of hydrogen-bond donors (Lipinski definition) is 1. The third kappa shape index (κ3) is 1.60. The van der Waals surface area contributed by atoms with Gasteiger partial charge in [0.15, 0.2) is 0 Å². The first kappa shape index (κ1) is 9.13. The van der Waals surface area contributed by atoms with Crippen molar-refractivity contribution < 1.29 is 4.74 Å². The minimum atomic E-state index is 0.0271. The largest absolute Gasteiger partial charge is 0.497 e. The summed E-state index contributed by atoms with van der Waals surface area (Å²) in [5, 5.41) is 3.44. The number of rotatable bonds is 1. The average Bonchev–Trinajstić information content (AvgIpc) is 2.15. The zero-order chi connectivity index (χ0) is 10.2. The van der Waals surface area contributed by atoms with Crippen LogP contribution in [-0.2, 0) is 0 Å². The van der Waals surface area contributed by atoms with Crippen molar-refractivity contribution in [2.75, 3.05) is 12.4 Å². The molecule has 1 aromatic rings. The van der Waals surface area contributed by atoms with Crippen molar-refractivity contribution >= 4 is 11.8 Å². The molecule has 0 aromatic heterocycles. The third-order valence-corrected chi connectivity index (χ3v) is 2.40. The van der Waals surface area contributed by atoms with Gasteiger partial charge in [0.2, 0.25) is 0 Å². The second-order valence-electron chi connectivity index (χ2n) is 4.13. The van der Waals surface area contributed by atoms with Gasteiger partial charge in [-0.1, -0.05) is 12.2 Å². The Bertz CT molecular complexity index is 380. The quantitative estimate of drug-likeness (QED) is 0.733. The van der Waals surface area contributed by atoms with Crippen LogP contribution in [0, 0.1) is 0 Å². The molecule has 0 saturated carbocycles. The maximum Gasteiger partial charge on any atom is 0.120 e. The van der Waals surface area contributed by atoms with Crippen LogP contribution in [0.5, 0.6) is 5.75 Å². The molecule has 0 aliphatic carbocycles. The lowest BCUT2D eigenvalue weighted by molar-refractivity contribution is 0.415. The Morgan fingerprint density at radius 1 is 1.29 bits per heavy atom. The summed E-state index contributed by atoms with van der Waals surface area (Å²) in [6.07, 6.45) is 4.31. The van der Waals surface area contributed by atoms with Crippen molar-refractivity contribution in [3.8, 4) is 5.75 Å². The second kappa shape index (κ2) is 3.05. The van der Waals surface area contributed by atoms with Gasteiger partial charge < -0.3 is 10.1 Å². The van der Waals surface area contributed by atoms with Crippen LogP contribution < -0.4 is 10.1 Å². The van der Waals surface area contributed by atoms with Crippen molar-refractivity contribution in [2.24, 2.45) is 0 Å². The van der Waals surface area contributed by atoms with Crippen molar-refractivity contribution in [1.82, 2.24) is 0 Å². The third-order valence-electron chi connectivity index (χ3n) is 2.40. The van der Waals surface area contributed by atoms with E-state index in [1.165, 1.54) is 5.56 Å². The lowest BCUT2D eigenvalue weighted by atomic mass is 9.97. The zero-order valence-corrected chi connectivity index (χ0v) is 8.79. The lowest BCUT2D eigenvalue weighted by Gasteiger charge is -2.29. The molecule has 0 radical (unpaired) electrons. The second-order valence-corrected chi connectivity index (χ2v) is 4.13. The maximum atomic E-state index is 5.18. The molecule has 1 heterocycles. The maximum absolute atomic E-state index is 5.18. The summed E-state index contributed by atoms with van der Waals surface area (Å²) in [5.74, 6) is 0.891. The minimum absolute atomic E-state index is 0.0271.